The summed E-state index contributed by atoms with van der Waals surface area (Å²) >= 11 is 7.54. The lowest BCUT2D eigenvalue weighted by molar-refractivity contribution is 0.0698. The molecule has 0 aliphatic rings. The molecular weight excluding hydrogens is 312 g/mol. The number of thioether (sulfide) groups is 1. The van der Waals surface area contributed by atoms with Crippen molar-refractivity contribution >= 4 is 41.1 Å². The Morgan fingerprint density at radius 1 is 1.48 bits per heavy atom. The summed E-state index contributed by atoms with van der Waals surface area (Å²) in [6.45, 7) is 2.01. The van der Waals surface area contributed by atoms with Crippen molar-refractivity contribution in [3.63, 3.8) is 0 Å². The molecule has 116 valence electrons. The Morgan fingerprint density at radius 3 is 2.67 bits per heavy atom. The largest absolute Gasteiger partial charge is 0.478 e. The van der Waals surface area contributed by atoms with E-state index in [9.17, 15) is 14.7 Å². The molecule has 0 heterocycles. The fourth-order valence-corrected chi connectivity index (χ4v) is 3.01. The third kappa shape index (κ3) is 4.54. The number of nitrogens with one attached hydrogen (secondary N) is 1. The van der Waals surface area contributed by atoms with Crippen LogP contribution in [0.2, 0.25) is 5.02 Å². The lowest BCUT2D eigenvalue weighted by atomic mass is 10.1. The van der Waals surface area contributed by atoms with Crippen LogP contribution in [0.4, 0.5) is 10.5 Å². The maximum absolute atomic E-state index is 12.2. The van der Waals surface area contributed by atoms with Crippen LogP contribution < -0.4 is 5.32 Å². The van der Waals surface area contributed by atoms with Gasteiger partial charge in [-0.25, -0.2) is 9.59 Å². The lowest BCUT2D eigenvalue weighted by Gasteiger charge is -2.27. The van der Waals surface area contributed by atoms with Gasteiger partial charge < -0.3 is 15.3 Å². The molecule has 5 nitrogen and oxygen atoms in total. The summed E-state index contributed by atoms with van der Waals surface area (Å²) in [4.78, 5) is 25.1. The van der Waals surface area contributed by atoms with E-state index in [0.29, 0.717) is 0 Å². The Kier molecular flexibility index (Phi) is 6.84. The molecule has 7 heteroatoms. The number of hydrogen-bond acceptors (Lipinski definition) is 3. The van der Waals surface area contributed by atoms with Crippen LogP contribution in [0.1, 0.15) is 23.7 Å². The first-order valence-corrected chi connectivity index (χ1v) is 8.24. The van der Waals surface area contributed by atoms with E-state index in [-0.39, 0.29) is 28.3 Å². The second-order valence-corrected chi connectivity index (χ2v) is 5.84. The van der Waals surface area contributed by atoms with Gasteiger partial charge in [-0.2, -0.15) is 11.8 Å². The van der Waals surface area contributed by atoms with Crippen LogP contribution in [0.3, 0.4) is 0 Å². The second kappa shape index (κ2) is 8.14. The van der Waals surface area contributed by atoms with Gasteiger partial charge in [0.15, 0.2) is 0 Å². The van der Waals surface area contributed by atoms with Crippen LogP contribution >= 0.6 is 23.4 Å². The van der Waals surface area contributed by atoms with E-state index in [0.717, 1.165) is 12.2 Å². The zero-order valence-electron chi connectivity index (χ0n) is 12.2. The summed E-state index contributed by atoms with van der Waals surface area (Å²) < 4.78 is 0. The minimum Gasteiger partial charge on any atom is -0.478 e. The summed E-state index contributed by atoms with van der Waals surface area (Å²) in [5.41, 5.74) is 0.102. The van der Waals surface area contributed by atoms with Crippen molar-refractivity contribution in [3.05, 3.63) is 28.8 Å². The van der Waals surface area contributed by atoms with Crippen LogP contribution in [0, 0.1) is 0 Å². The van der Waals surface area contributed by atoms with Gasteiger partial charge in [-0.05, 0) is 24.8 Å². The van der Waals surface area contributed by atoms with Crippen LogP contribution in [-0.4, -0.2) is 47.1 Å². The molecule has 0 aliphatic heterocycles. The Bertz CT molecular complexity index is 525. The second-order valence-electron chi connectivity index (χ2n) is 4.53. The monoisotopic (exact) mass is 330 g/mol. The minimum atomic E-state index is -1.17. The molecule has 0 fully saturated rings. The number of hydrogen-bond donors (Lipinski definition) is 2. The van der Waals surface area contributed by atoms with Crippen LogP contribution in [0.5, 0.6) is 0 Å². The average molecular weight is 331 g/mol. The number of nitrogens with zero attached hydrogens (tertiary/aromatic N) is 1. The molecule has 0 saturated heterocycles. The summed E-state index contributed by atoms with van der Waals surface area (Å²) in [6, 6.07) is 4.35. The Balaban J connectivity index is 2.93. The number of benzene rings is 1. The molecule has 0 aromatic heterocycles. The van der Waals surface area contributed by atoms with E-state index in [1.165, 1.54) is 12.1 Å². The Morgan fingerprint density at radius 2 is 2.14 bits per heavy atom. The molecule has 0 saturated carbocycles. The number of aromatic carboxylic acids is 1. The molecule has 0 aliphatic carbocycles. The zero-order valence-corrected chi connectivity index (χ0v) is 13.8. The summed E-state index contributed by atoms with van der Waals surface area (Å²) in [7, 11) is 1.70. The number of halogens is 1. The number of urea groups is 1. The molecule has 2 amide bonds. The molecule has 1 aromatic carbocycles. The van der Waals surface area contributed by atoms with Gasteiger partial charge in [-0.1, -0.05) is 24.6 Å². The van der Waals surface area contributed by atoms with Gasteiger partial charge in [-0.3, -0.25) is 0 Å². The highest BCUT2D eigenvalue weighted by Crippen LogP contribution is 2.24. The number of rotatable bonds is 6. The molecule has 1 aromatic rings. The predicted molar refractivity (Wildman–Crippen MR) is 87.7 cm³/mol. The van der Waals surface area contributed by atoms with Crippen LogP contribution in [-0.2, 0) is 0 Å². The first-order valence-electron chi connectivity index (χ1n) is 6.46. The highest BCUT2D eigenvalue weighted by molar-refractivity contribution is 7.98. The van der Waals surface area contributed by atoms with Crippen LogP contribution in [0.25, 0.3) is 0 Å². The fraction of sp³-hybridized carbons (Fsp3) is 0.429. The van der Waals surface area contributed by atoms with Crippen molar-refractivity contribution in [3.8, 4) is 0 Å². The average Bonchev–Trinajstić information content (AvgIpc) is 2.43. The molecule has 1 atom stereocenters. The predicted octanol–water partition coefficient (Wildman–Crippen LogP) is 3.64. The van der Waals surface area contributed by atoms with Crippen molar-refractivity contribution in [2.75, 3.05) is 24.4 Å². The summed E-state index contributed by atoms with van der Waals surface area (Å²) in [5.74, 6) is -0.350. The van der Waals surface area contributed by atoms with E-state index >= 15 is 0 Å². The molecule has 0 bridgehead atoms. The molecule has 0 radical (unpaired) electrons. The smallest absolute Gasteiger partial charge is 0.339 e. The van der Waals surface area contributed by atoms with Crippen molar-refractivity contribution < 1.29 is 14.7 Å². The molecular formula is C14H19ClN2O3S. The number of carboxylic acids is 1. The number of carbonyl (C=O) groups is 2. The number of amides is 2. The molecule has 1 unspecified atom stereocenters. The first kappa shape index (κ1) is 17.7. The van der Waals surface area contributed by atoms with E-state index in [1.807, 2.05) is 13.2 Å². The number of anilines is 1. The van der Waals surface area contributed by atoms with Gasteiger partial charge in [0.05, 0.1) is 10.7 Å². The minimum absolute atomic E-state index is 0.0902. The maximum atomic E-state index is 12.2. The molecule has 1 rings (SSSR count). The molecule has 2 N–H and O–H groups in total. The third-order valence-corrected chi connectivity index (χ3v) is 4.20. The zero-order chi connectivity index (χ0) is 16.0. The topological polar surface area (TPSA) is 69.6 Å². The lowest BCUT2D eigenvalue weighted by Crippen LogP contribution is -2.41. The van der Waals surface area contributed by atoms with Crippen molar-refractivity contribution in [1.29, 1.82) is 0 Å². The van der Waals surface area contributed by atoms with Gasteiger partial charge in [0.25, 0.3) is 0 Å². The van der Waals surface area contributed by atoms with Crippen LogP contribution in [0.15, 0.2) is 18.2 Å². The normalized spacial score (nSPS) is 11.8. The van der Waals surface area contributed by atoms with E-state index in [4.69, 9.17) is 11.6 Å². The van der Waals surface area contributed by atoms with Gasteiger partial charge >= 0.3 is 12.0 Å². The maximum Gasteiger partial charge on any atom is 0.339 e. The van der Waals surface area contributed by atoms with Crippen molar-refractivity contribution in [1.82, 2.24) is 4.90 Å². The first-order chi connectivity index (χ1) is 9.92. The quantitative estimate of drug-likeness (QED) is 0.835. The van der Waals surface area contributed by atoms with Crippen molar-refractivity contribution in [2.45, 2.75) is 19.4 Å². The van der Waals surface area contributed by atoms with Gasteiger partial charge in [0, 0.05) is 18.8 Å². The molecule has 21 heavy (non-hydrogen) atoms. The summed E-state index contributed by atoms with van der Waals surface area (Å²) in [6.07, 6.45) is 2.81. The Labute approximate surface area is 133 Å². The van der Waals surface area contributed by atoms with Gasteiger partial charge in [0.1, 0.15) is 5.56 Å². The summed E-state index contributed by atoms with van der Waals surface area (Å²) in [5, 5.41) is 11.9. The standard InChI is InChI=1S/C14H19ClN2O3S/c1-4-9(8-21-3)17(2)14(20)16-11-7-5-6-10(15)12(11)13(18)19/h5-7,9H,4,8H2,1-3H3,(H,16,20)(H,18,19). The SMILES string of the molecule is CCC(CSC)N(C)C(=O)Nc1cccc(Cl)c1C(=O)O. The number of carboxylic acid groups (broad SMARTS) is 1. The Hall–Kier alpha value is -1.40. The third-order valence-electron chi connectivity index (χ3n) is 3.17. The van der Waals surface area contributed by atoms with Crippen molar-refractivity contribution in [2.24, 2.45) is 0 Å². The highest BCUT2D eigenvalue weighted by Gasteiger charge is 2.21. The van der Waals surface area contributed by atoms with Gasteiger partial charge in [0.2, 0.25) is 0 Å². The van der Waals surface area contributed by atoms with Gasteiger partial charge in [-0.15, -0.1) is 0 Å². The van der Waals surface area contributed by atoms with E-state index in [1.54, 1.807) is 29.8 Å². The fourth-order valence-electron chi connectivity index (χ4n) is 1.91. The number of carbonyl (C=O) groups excluding carboxylic acids is 1. The highest BCUT2D eigenvalue weighted by atomic mass is 35.5. The van der Waals surface area contributed by atoms with E-state index in [2.05, 4.69) is 5.32 Å². The van der Waals surface area contributed by atoms with E-state index < -0.39 is 5.97 Å². The molecule has 0 spiro atoms.